The van der Waals surface area contributed by atoms with E-state index in [4.69, 9.17) is 11.6 Å². The Morgan fingerprint density at radius 2 is 2.26 bits per heavy atom. The lowest BCUT2D eigenvalue weighted by atomic mass is 10.1. The van der Waals surface area contributed by atoms with Crippen molar-refractivity contribution >= 4 is 35.2 Å². The van der Waals surface area contributed by atoms with Crippen molar-refractivity contribution in [1.29, 1.82) is 0 Å². The van der Waals surface area contributed by atoms with E-state index in [1.165, 1.54) is 24.2 Å². The fourth-order valence-electron chi connectivity index (χ4n) is 2.04. The van der Waals surface area contributed by atoms with E-state index in [-0.39, 0.29) is 23.2 Å². The third-order valence-corrected chi connectivity index (χ3v) is 3.53. The molecule has 0 aliphatic carbocycles. The maximum Gasteiger partial charge on any atom is 0.330 e. The van der Waals surface area contributed by atoms with Gasteiger partial charge in [0.05, 0.1) is 17.7 Å². The quantitative estimate of drug-likeness (QED) is 0.626. The molecule has 2 rings (SSSR count). The van der Waals surface area contributed by atoms with E-state index in [1.807, 2.05) is 0 Å². The van der Waals surface area contributed by atoms with Gasteiger partial charge in [-0.15, -0.1) is 0 Å². The van der Waals surface area contributed by atoms with Crippen molar-refractivity contribution in [3.63, 3.8) is 0 Å². The second-order valence-corrected chi connectivity index (χ2v) is 5.09. The van der Waals surface area contributed by atoms with Crippen LogP contribution in [0.15, 0.2) is 30.4 Å². The number of hydrogen-bond acceptors (Lipinski definition) is 4. The van der Waals surface area contributed by atoms with E-state index < -0.39 is 11.9 Å². The van der Waals surface area contributed by atoms with Gasteiger partial charge in [-0.2, -0.15) is 0 Å². The lowest BCUT2D eigenvalue weighted by Gasteiger charge is -2.15. The topological polar surface area (TPSA) is 87.7 Å². The highest BCUT2D eigenvalue weighted by molar-refractivity contribution is 6.34. The van der Waals surface area contributed by atoms with Gasteiger partial charge in [-0.3, -0.25) is 9.69 Å². The Hall–Kier alpha value is -2.54. The Bertz CT molecular complexity index is 660. The number of anilines is 1. The van der Waals surface area contributed by atoms with E-state index >= 15 is 0 Å². The molecule has 1 saturated heterocycles. The molecule has 1 heterocycles. The summed E-state index contributed by atoms with van der Waals surface area (Å²) in [5, 5.41) is 5.58. The average Bonchev–Trinajstić information content (AvgIpc) is 2.97. The van der Waals surface area contributed by atoms with Crippen LogP contribution < -0.4 is 15.5 Å². The van der Waals surface area contributed by atoms with Crippen LogP contribution >= 0.6 is 11.6 Å². The van der Waals surface area contributed by atoms with E-state index in [1.54, 1.807) is 18.2 Å². The highest BCUT2D eigenvalue weighted by Crippen LogP contribution is 2.24. The summed E-state index contributed by atoms with van der Waals surface area (Å²) < 4.78 is 4.44. The normalized spacial score (nSPS) is 14.0. The van der Waals surface area contributed by atoms with Gasteiger partial charge in [0.15, 0.2) is 0 Å². The predicted molar refractivity (Wildman–Crippen MR) is 85.7 cm³/mol. The van der Waals surface area contributed by atoms with Gasteiger partial charge in [-0.05, 0) is 18.2 Å². The van der Waals surface area contributed by atoms with E-state index in [0.717, 1.165) is 0 Å². The highest BCUT2D eigenvalue weighted by Gasteiger charge is 2.22. The fourth-order valence-corrected chi connectivity index (χ4v) is 2.25. The predicted octanol–water partition coefficient (Wildman–Crippen LogP) is 1.33. The first-order valence-corrected chi connectivity index (χ1v) is 7.28. The van der Waals surface area contributed by atoms with Crippen LogP contribution in [0.5, 0.6) is 0 Å². The molecule has 7 nitrogen and oxygen atoms in total. The number of amides is 3. The molecule has 1 aromatic carbocycles. The summed E-state index contributed by atoms with van der Waals surface area (Å²) in [7, 11) is 1.27. The lowest BCUT2D eigenvalue weighted by molar-refractivity contribution is -0.134. The third-order valence-electron chi connectivity index (χ3n) is 3.20. The van der Waals surface area contributed by atoms with Crippen LogP contribution in [0.4, 0.5) is 10.5 Å². The molecule has 0 saturated carbocycles. The molecule has 0 radical (unpaired) electrons. The summed E-state index contributed by atoms with van der Waals surface area (Å²) in [4.78, 5) is 36.3. The minimum atomic E-state index is -0.501. The van der Waals surface area contributed by atoms with Crippen molar-refractivity contribution in [3.8, 4) is 0 Å². The SMILES string of the molecule is COC(=O)/C=C/CNC(=O)c1cc(N2CCNC2=O)ccc1Cl. The third kappa shape index (κ3) is 4.23. The molecule has 2 N–H and O–H groups in total. The molecule has 1 fully saturated rings. The standard InChI is InChI=1S/C15H16ClN3O4/c1-23-13(20)3-2-6-17-14(21)11-9-10(4-5-12(11)16)19-8-7-18-15(19)22/h2-5,9H,6-8H2,1H3,(H,17,21)(H,18,22)/b3-2+. The summed E-state index contributed by atoms with van der Waals surface area (Å²) >= 11 is 6.05. The minimum absolute atomic E-state index is 0.151. The summed E-state index contributed by atoms with van der Waals surface area (Å²) in [6.45, 7) is 1.24. The number of carbonyl (C=O) groups is 3. The van der Waals surface area contributed by atoms with Crippen LogP contribution in [-0.2, 0) is 9.53 Å². The van der Waals surface area contributed by atoms with Gasteiger partial charge in [0.2, 0.25) is 0 Å². The van der Waals surface area contributed by atoms with Gasteiger partial charge in [0, 0.05) is 31.4 Å². The molecule has 1 aromatic rings. The number of rotatable bonds is 5. The van der Waals surface area contributed by atoms with E-state index in [2.05, 4.69) is 15.4 Å². The van der Waals surface area contributed by atoms with Gasteiger partial charge >= 0.3 is 12.0 Å². The molecule has 8 heteroatoms. The first-order valence-electron chi connectivity index (χ1n) is 6.90. The number of halogens is 1. The highest BCUT2D eigenvalue weighted by atomic mass is 35.5. The molecule has 0 unspecified atom stereocenters. The molecule has 23 heavy (non-hydrogen) atoms. The summed E-state index contributed by atoms with van der Waals surface area (Å²) in [6, 6.07) is 4.61. The van der Waals surface area contributed by atoms with Crippen molar-refractivity contribution in [1.82, 2.24) is 10.6 Å². The second kappa shape index (κ2) is 7.64. The van der Waals surface area contributed by atoms with Crippen molar-refractivity contribution in [2.75, 3.05) is 31.6 Å². The Balaban J connectivity index is 2.06. The number of hydrogen-bond donors (Lipinski definition) is 2. The number of nitrogens with one attached hydrogen (secondary N) is 2. The molecule has 3 amide bonds. The number of ether oxygens (including phenoxy) is 1. The summed E-state index contributed by atoms with van der Waals surface area (Å²) in [5.74, 6) is -0.898. The van der Waals surface area contributed by atoms with Crippen LogP contribution in [0.1, 0.15) is 10.4 Å². The number of esters is 1. The van der Waals surface area contributed by atoms with Crippen LogP contribution in [0, 0.1) is 0 Å². The van der Waals surface area contributed by atoms with Crippen LogP contribution in [0.3, 0.4) is 0 Å². The zero-order valence-corrected chi connectivity index (χ0v) is 13.2. The average molecular weight is 338 g/mol. The smallest absolute Gasteiger partial charge is 0.330 e. The van der Waals surface area contributed by atoms with E-state index in [9.17, 15) is 14.4 Å². The Kier molecular flexibility index (Phi) is 5.59. The van der Waals surface area contributed by atoms with Crippen molar-refractivity contribution in [2.45, 2.75) is 0 Å². The van der Waals surface area contributed by atoms with Gasteiger partial charge in [0.25, 0.3) is 5.91 Å². The molecule has 0 bridgehead atoms. The van der Waals surface area contributed by atoms with Crippen molar-refractivity contribution < 1.29 is 19.1 Å². The molecular formula is C15H16ClN3O4. The molecule has 1 aliphatic heterocycles. The van der Waals surface area contributed by atoms with Crippen LogP contribution in [0.2, 0.25) is 5.02 Å². The first-order chi connectivity index (χ1) is 11.0. The Morgan fingerprint density at radius 1 is 1.48 bits per heavy atom. The lowest BCUT2D eigenvalue weighted by Crippen LogP contribution is -2.28. The van der Waals surface area contributed by atoms with Crippen LogP contribution in [0.25, 0.3) is 0 Å². The maximum absolute atomic E-state index is 12.2. The maximum atomic E-state index is 12.2. The monoisotopic (exact) mass is 337 g/mol. The van der Waals surface area contributed by atoms with Gasteiger partial charge in [-0.1, -0.05) is 17.7 Å². The number of methoxy groups -OCH3 is 1. The zero-order valence-electron chi connectivity index (χ0n) is 12.5. The van der Waals surface area contributed by atoms with E-state index in [0.29, 0.717) is 18.8 Å². The fraction of sp³-hybridized carbons (Fsp3) is 0.267. The number of urea groups is 1. The molecule has 0 spiro atoms. The summed E-state index contributed by atoms with van der Waals surface area (Å²) in [6.07, 6.45) is 2.68. The molecule has 122 valence electrons. The largest absolute Gasteiger partial charge is 0.466 e. The zero-order chi connectivity index (χ0) is 16.8. The van der Waals surface area contributed by atoms with Gasteiger partial charge in [-0.25, -0.2) is 9.59 Å². The Morgan fingerprint density at radius 3 is 2.91 bits per heavy atom. The molecule has 0 aromatic heterocycles. The second-order valence-electron chi connectivity index (χ2n) is 4.68. The van der Waals surface area contributed by atoms with Crippen molar-refractivity contribution in [2.24, 2.45) is 0 Å². The summed E-state index contributed by atoms with van der Waals surface area (Å²) in [5.41, 5.74) is 0.856. The molecule has 0 atom stereocenters. The number of carbonyl (C=O) groups excluding carboxylic acids is 3. The number of nitrogens with zero attached hydrogens (tertiary/aromatic N) is 1. The van der Waals surface area contributed by atoms with Crippen molar-refractivity contribution in [3.05, 3.63) is 40.9 Å². The van der Waals surface area contributed by atoms with Gasteiger partial charge in [0.1, 0.15) is 0 Å². The molecular weight excluding hydrogens is 322 g/mol. The molecule has 1 aliphatic rings. The number of benzene rings is 1. The first kappa shape index (κ1) is 16.8. The van der Waals surface area contributed by atoms with Crippen LogP contribution in [-0.4, -0.2) is 44.7 Å². The van der Waals surface area contributed by atoms with Gasteiger partial charge < -0.3 is 15.4 Å². The minimum Gasteiger partial charge on any atom is -0.466 e. The Labute approximate surface area is 138 Å².